The second-order valence-corrected chi connectivity index (χ2v) is 12.3. The predicted octanol–water partition coefficient (Wildman–Crippen LogP) is 5.72. The number of anilines is 1. The number of hydrogen-bond acceptors (Lipinski definition) is 6. The number of amides is 1. The van der Waals surface area contributed by atoms with E-state index in [4.69, 9.17) is 0 Å². The number of thioether (sulfide) groups is 1. The second-order valence-electron chi connectivity index (χ2n) is 8.41. The monoisotopic (exact) mass is 523 g/mol. The first-order valence-corrected chi connectivity index (χ1v) is 14.8. The maximum atomic E-state index is 13.0. The number of piperidine rings is 1. The van der Waals surface area contributed by atoms with Crippen LogP contribution in [0.15, 0.2) is 82.6 Å². The van der Waals surface area contributed by atoms with E-state index in [1.54, 1.807) is 35.2 Å². The van der Waals surface area contributed by atoms with Gasteiger partial charge < -0.3 is 5.32 Å². The van der Waals surface area contributed by atoms with Gasteiger partial charge in [0, 0.05) is 35.2 Å². The van der Waals surface area contributed by atoms with Gasteiger partial charge >= 0.3 is 0 Å². The molecule has 9 heteroatoms. The van der Waals surface area contributed by atoms with Gasteiger partial charge in [0.25, 0.3) is 0 Å². The van der Waals surface area contributed by atoms with Gasteiger partial charge in [0.15, 0.2) is 0 Å². The normalized spacial score (nSPS) is 15.3. The Balaban J connectivity index is 1.19. The zero-order valence-electron chi connectivity index (χ0n) is 19.2. The summed E-state index contributed by atoms with van der Waals surface area (Å²) in [5.74, 6) is -0.289. The van der Waals surface area contributed by atoms with Crippen LogP contribution >= 0.6 is 23.1 Å². The number of rotatable bonds is 6. The maximum Gasteiger partial charge on any atom is 0.243 e. The summed E-state index contributed by atoms with van der Waals surface area (Å²) in [5.41, 5.74) is 2.72. The van der Waals surface area contributed by atoms with Gasteiger partial charge in [-0.2, -0.15) is 4.31 Å². The number of sulfonamides is 1. The van der Waals surface area contributed by atoms with E-state index in [0.717, 1.165) is 31.4 Å². The number of para-hydroxylation sites is 1. The van der Waals surface area contributed by atoms with E-state index in [2.05, 4.69) is 16.4 Å². The maximum absolute atomic E-state index is 13.0. The fourth-order valence-corrected chi connectivity index (χ4v) is 7.04. The molecule has 1 amide bonds. The van der Waals surface area contributed by atoms with E-state index in [1.165, 1.54) is 4.31 Å². The lowest BCUT2D eigenvalue weighted by Crippen LogP contribution is -2.41. The van der Waals surface area contributed by atoms with Crippen LogP contribution in [0.3, 0.4) is 0 Å². The summed E-state index contributed by atoms with van der Waals surface area (Å²) in [5, 5.41) is 3.93. The van der Waals surface area contributed by atoms with Crippen LogP contribution in [-0.4, -0.2) is 43.0 Å². The lowest BCUT2D eigenvalue weighted by atomic mass is 9.97. The molecule has 35 heavy (non-hydrogen) atoms. The van der Waals surface area contributed by atoms with Crippen LogP contribution in [0.25, 0.3) is 20.8 Å². The van der Waals surface area contributed by atoms with Crippen molar-refractivity contribution in [3.8, 4) is 10.6 Å². The molecular formula is C26H25N3O3S3. The summed E-state index contributed by atoms with van der Waals surface area (Å²) in [7, 11) is -3.55. The second kappa shape index (κ2) is 10.1. The molecule has 0 spiro atoms. The topological polar surface area (TPSA) is 79.4 Å². The van der Waals surface area contributed by atoms with Crippen LogP contribution in [0.4, 0.5) is 5.69 Å². The van der Waals surface area contributed by atoms with Gasteiger partial charge in [-0.15, -0.1) is 23.1 Å². The Bertz CT molecular complexity index is 1410. The number of hydrogen-bond donors (Lipinski definition) is 1. The summed E-state index contributed by atoms with van der Waals surface area (Å²) >= 11 is 3.21. The highest BCUT2D eigenvalue weighted by Gasteiger charge is 2.32. The van der Waals surface area contributed by atoms with Crippen molar-refractivity contribution < 1.29 is 13.2 Å². The van der Waals surface area contributed by atoms with Gasteiger partial charge in [-0.1, -0.05) is 12.1 Å². The Labute approximate surface area is 213 Å². The smallest absolute Gasteiger partial charge is 0.243 e. The van der Waals surface area contributed by atoms with Gasteiger partial charge in [-0.3, -0.25) is 4.79 Å². The molecule has 1 aliphatic heterocycles. The summed E-state index contributed by atoms with van der Waals surface area (Å²) in [6.45, 7) is 0.669. The van der Waals surface area contributed by atoms with E-state index in [-0.39, 0.29) is 11.8 Å². The van der Waals surface area contributed by atoms with Crippen molar-refractivity contribution in [3.63, 3.8) is 0 Å². The fourth-order valence-electron chi connectivity index (χ4n) is 4.19. The van der Waals surface area contributed by atoms with E-state index in [9.17, 15) is 13.2 Å². The third kappa shape index (κ3) is 5.13. The van der Waals surface area contributed by atoms with Gasteiger partial charge in [0.05, 0.1) is 15.1 Å². The van der Waals surface area contributed by atoms with Crippen molar-refractivity contribution in [2.75, 3.05) is 24.7 Å². The Morgan fingerprint density at radius 2 is 1.69 bits per heavy atom. The molecule has 1 N–H and O–H groups in total. The van der Waals surface area contributed by atoms with Crippen LogP contribution in [-0.2, 0) is 14.8 Å². The SMILES string of the molecule is CSc1ccc(S(=O)(=O)N2CCC(C(=O)Nc3ccc(-c4nc5ccccc5s4)cc3)CC2)cc1. The minimum Gasteiger partial charge on any atom is -0.326 e. The van der Waals surface area contributed by atoms with Crippen molar-refractivity contribution >= 4 is 54.9 Å². The van der Waals surface area contributed by atoms with E-state index >= 15 is 0 Å². The summed E-state index contributed by atoms with van der Waals surface area (Å²) in [6.07, 6.45) is 2.95. The molecule has 1 aromatic heterocycles. The van der Waals surface area contributed by atoms with E-state index in [0.29, 0.717) is 30.8 Å². The standard InChI is InChI=1S/C26H25N3O3S3/c1-33-21-10-12-22(13-11-21)35(31,32)29-16-14-18(15-17-29)25(30)27-20-8-6-19(7-9-20)26-28-23-4-2-3-5-24(23)34-26/h2-13,18H,14-17H2,1H3,(H,27,30). The van der Waals surface area contributed by atoms with Crippen molar-refractivity contribution in [3.05, 3.63) is 72.8 Å². The van der Waals surface area contributed by atoms with Gasteiger partial charge in [0.2, 0.25) is 15.9 Å². The third-order valence-corrected chi connectivity index (χ3v) is 9.96. The Kier molecular flexibility index (Phi) is 6.93. The van der Waals surface area contributed by atoms with Crippen LogP contribution in [0, 0.1) is 5.92 Å². The summed E-state index contributed by atoms with van der Waals surface area (Å²) < 4.78 is 28.6. The highest BCUT2D eigenvalue weighted by atomic mass is 32.2. The first-order valence-electron chi connectivity index (χ1n) is 11.3. The summed E-state index contributed by atoms with van der Waals surface area (Å²) in [6, 6.07) is 22.7. The third-order valence-electron chi connectivity index (χ3n) is 6.22. The van der Waals surface area contributed by atoms with E-state index in [1.807, 2.05) is 60.9 Å². The van der Waals surface area contributed by atoms with Gasteiger partial charge in [0.1, 0.15) is 5.01 Å². The van der Waals surface area contributed by atoms with Gasteiger partial charge in [-0.05, 0) is 79.8 Å². The Morgan fingerprint density at radius 1 is 1.00 bits per heavy atom. The Hall–Kier alpha value is -2.72. The number of thiazole rings is 1. The zero-order chi connectivity index (χ0) is 24.4. The molecule has 0 atom stereocenters. The largest absolute Gasteiger partial charge is 0.326 e. The molecule has 180 valence electrons. The molecule has 2 heterocycles. The Morgan fingerprint density at radius 3 is 2.34 bits per heavy atom. The number of benzene rings is 3. The molecule has 0 bridgehead atoms. The average molecular weight is 524 g/mol. The molecule has 0 unspecified atom stereocenters. The number of carbonyl (C=O) groups excluding carboxylic acids is 1. The van der Waals surface area contributed by atoms with Gasteiger partial charge in [-0.25, -0.2) is 13.4 Å². The molecule has 5 rings (SSSR count). The van der Waals surface area contributed by atoms with Crippen molar-refractivity contribution in [2.45, 2.75) is 22.6 Å². The molecule has 0 radical (unpaired) electrons. The van der Waals surface area contributed by atoms with Crippen molar-refractivity contribution in [1.82, 2.24) is 9.29 Å². The quantitative estimate of drug-likeness (QED) is 0.327. The van der Waals surface area contributed by atoms with Crippen molar-refractivity contribution in [2.24, 2.45) is 5.92 Å². The fraction of sp³-hybridized carbons (Fsp3) is 0.231. The predicted molar refractivity (Wildman–Crippen MR) is 143 cm³/mol. The zero-order valence-corrected chi connectivity index (χ0v) is 21.6. The van der Waals surface area contributed by atoms with E-state index < -0.39 is 10.0 Å². The summed E-state index contributed by atoms with van der Waals surface area (Å²) in [4.78, 5) is 18.8. The molecule has 1 aliphatic rings. The average Bonchev–Trinajstić information content (AvgIpc) is 3.33. The molecule has 4 aromatic rings. The molecular weight excluding hydrogens is 499 g/mol. The number of nitrogens with zero attached hydrogens (tertiary/aromatic N) is 2. The highest BCUT2D eigenvalue weighted by Crippen LogP contribution is 2.31. The lowest BCUT2D eigenvalue weighted by molar-refractivity contribution is -0.120. The van der Waals surface area contributed by atoms with Crippen LogP contribution in [0.1, 0.15) is 12.8 Å². The van der Waals surface area contributed by atoms with Crippen LogP contribution in [0.2, 0.25) is 0 Å². The highest BCUT2D eigenvalue weighted by molar-refractivity contribution is 7.98. The van der Waals surface area contributed by atoms with Crippen LogP contribution < -0.4 is 5.32 Å². The molecule has 6 nitrogen and oxygen atoms in total. The molecule has 0 aliphatic carbocycles. The molecule has 1 fully saturated rings. The number of carbonyl (C=O) groups is 1. The van der Waals surface area contributed by atoms with Crippen LogP contribution in [0.5, 0.6) is 0 Å². The molecule has 0 saturated carbocycles. The minimum atomic E-state index is -3.55. The first kappa shape index (κ1) is 24.0. The molecule has 3 aromatic carbocycles. The van der Waals surface area contributed by atoms with Crippen molar-refractivity contribution in [1.29, 1.82) is 0 Å². The minimum absolute atomic E-state index is 0.0703. The number of aromatic nitrogens is 1. The first-order chi connectivity index (χ1) is 16.9. The molecule has 1 saturated heterocycles. The number of nitrogens with one attached hydrogen (secondary N) is 1. The number of fused-ring (bicyclic) bond motifs is 1. The lowest BCUT2D eigenvalue weighted by Gasteiger charge is -2.30.